The van der Waals surface area contributed by atoms with Crippen molar-refractivity contribution in [3.8, 4) is 0 Å². The fraction of sp³-hybridized carbons (Fsp3) is 0.714. The third-order valence-corrected chi connectivity index (χ3v) is 5.74. The first-order valence-corrected chi connectivity index (χ1v) is 10.4. The molecule has 0 bridgehead atoms. The van der Waals surface area contributed by atoms with Crippen LogP contribution in [0.25, 0.3) is 0 Å². The maximum absolute atomic E-state index is 12.9. The molecule has 1 aromatic heterocycles. The van der Waals surface area contributed by atoms with Gasteiger partial charge in [0.2, 0.25) is 5.91 Å². The number of rotatable bonds is 8. The first kappa shape index (κ1) is 21.2. The number of nitrogens with zero attached hydrogens (tertiary/aromatic N) is 3. The van der Waals surface area contributed by atoms with Crippen LogP contribution >= 0.6 is 0 Å². The lowest BCUT2D eigenvalue weighted by molar-refractivity contribution is -0.133. The van der Waals surface area contributed by atoms with E-state index in [9.17, 15) is 9.90 Å². The second kappa shape index (κ2) is 10.9. The first-order chi connectivity index (χ1) is 13.7. The number of aliphatic hydroxyl groups is 1. The van der Waals surface area contributed by atoms with Crippen LogP contribution in [-0.4, -0.2) is 83.9 Å². The maximum Gasteiger partial charge on any atom is 0.236 e. The minimum absolute atomic E-state index is 0.0746. The van der Waals surface area contributed by atoms with Gasteiger partial charge in [0.15, 0.2) is 0 Å². The molecule has 2 fully saturated rings. The lowest BCUT2D eigenvalue weighted by atomic mass is 9.99. The Hall–Kier alpha value is -1.54. The van der Waals surface area contributed by atoms with Crippen molar-refractivity contribution in [3.63, 3.8) is 0 Å². The summed E-state index contributed by atoms with van der Waals surface area (Å²) >= 11 is 0. The molecule has 2 saturated heterocycles. The lowest BCUT2D eigenvalue weighted by Crippen LogP contribution is -2.42. The van der Waals surface area contributed by atoms with E-state index in [1.165, 1.54) is 0 Å². The summed E-state index contributed by atoms with van der Waals surface area (Å²) in [7, 11) is 0. The van der Waals surface area contributed by atoms with Crippen LogP contribution in [0, 0.1) is 5.92 Å². The standard InChI is InChI=1S/C21H33N3O4/c1-17(5-9-25)23-13-20(28-16-19-4-2-3-8-22-19)14-24(21(26)15-23)12-18-6-10-27-11-7-18/h2-4,8,17-18,20,25H,5-7,9-16H2,1H3/t17-,20-/m0/s1. The van der Waals surface area contributed by atoms with E-state index < -0.39 is 0 Å². The summed E-state index contributed by atoms with van der Waals surface area (Å²) in [6.45, 7) is 6.63. The summed E-state index contributed by atoms with van der Waals surface area (Å²) in [6.07, 6.45) is 4.36. The molecule has 0 saturated carbocycles. The molecule has 3 heterocycles. The van der Waals surface area contributed by atoms with Crippen LogP contribution in [0.3, 0.4) is 0 Å². The van der Waals surface area contributed by atoms with Crippen molar-refractivity contribution >= 4 is 5.91 Å². The Balaban J connectivity index is 1.66. The minimum Gasteiger partial charge on any atom is -0.396 e. The maximum atomic E-state index is 12.9. The first-order valence-electron chi connectivity index (χ1n) is 10.4. The van der Waals surface area contributed by atoms with Gasteiger partial charge in [0.05, 0.1) is 24.9 Å². The Bertz CT molecular complexity index is 595. The second-order valence-electron chi connectivity index (χ2n) is 7.90. The third-order valence-electron chi connectivity index (χ3n) is 5.74. The Morgan fingerprint density at radius 1 is 1.32 bits per heavy atom. The van der Waals surface area contributed by atoms with Gasteiger partial charge in [-0.3, -0.25) is 14.7 Å². The minimum atomic E-state index is -0.0746. The Kier molecular flexibility index (Phi) is 8.21. The highest BCUT2D eigenvalue weighted by Crippen LogP contribution is 2.20. The van der Waals surface area contributed by atoms with Gasteiger partial charge >= 0.3 is 0 Å². The molecule has 2 aliphatic rings. The lowest BCUT2D eigenvalue weighted by Gasteiger charge is -2.30. The second-order valence-corrected chi connectivity index (χ2v) is 7.90. The predicted octanol–water partition coefficient (Wildman–Crippen LogP) is 1.31. The van der Waals surface area contributed by atoms with E-state index in [1.807, 2.05) is 23.1 Å². The molecule has 1 amide bonds. The molecule has 0 aromatic carbocycles. The van der Waals surface area contributed by atoms with Crippen molar-refractivity contribution in [2.75, 3.05) is 46.0 Å². The quantitative estimate of drug-likeness (QED) is 0.720. The molecule has 0 radical (unpaired) electrons. The van der Waals surface area contributed by atoms with Gasteiger partial charge in [-0.1, -0.05) is 6.07 Å². The molecule has 7 heteroatoms. The number of ether oxygens (including phenoxy) is 2. The predicted molar refractivity (Wildman–Crippen MR) is 106 cm³/mol. The Morgan fingerprint density at radius 3 is 2.86 bits per heavy atom. The van der Waals surface area contributed by atoms with Crippen molar-refractivity contribution in [1.29, 1.82) is 0 Å². The summed E-state index contributed by atoms with van der Waals surface area (Å²) in [4.78, 5) is 21.4. The molecule has 1 N–H and O–H groups in total. The zero-order valence-electron chi connectivity index (χ0n) is 16.8. The third kappa shape index (κ3) is 6.24. The van der Waals surface area contributed by atoms with Crippen LogP contribution in [-0.2, 0) is 20.9 Å². The molecule has 0 spiro atoms. The number of aliphatic hydroxyl groups excluding tert-OH is 1. The molecule has 1 aromatic rings. The summed E-state index contributed by atoms with van der Waals surface area (Å²) in [5, 5.41) is 9.32. The largest absolute Gasteiger partial charge is 0.396 e. The van der Waals surface area contributed by atoms with E-state index >= 15 is 0 Å². The van der Waals surface area contributed by atoms with Crippen LogP contribution < -0.4 is 0 Å². The zero-order chi connectivity index (χ0) is 19.8. The van der Waals surface area contributed by atoms with E-state index in [0.29, 0.717) is 38.6 Å². The number of pyridine rings is 1. The van der Waals surface area contributed by atoms with E-state index in [0.717, 1.165) is 38.3 Å². The van der Waals surface area contributed by atoms with Crippen LogP contribution in [0.5, 0.6) is 0 Å². The molecule has 0 unspecified atom stereocenters. The Labute approximate surface area is 167 Å². The van der Waals surface area contributed by atoms with Crippen LogP contribution in [0.15, 0.2) is 24.4 Å². The van der Waals surface area contributed by atoms with E-state index in [2.05, 4.69) is 16.8 Å². The zero-order valence-corrected chi connectivity index (χ0v) is 16.8. The van der Waals surface area contributed by atoms with Gasteiger partial charge in [0.25, 0.3) is 0 Å². The summed E-state index contributed by atoms with van der Waals surface area (Å²) in [6, 6.07) is 5.93. The number of carbonyl (C=O) groups is 1. The number of carbonyl (C=O) groups excluding carboxylic acids is 1. The average Bonchev–Trinajstić information content (AvgIpc) is 2.87. The smallest absolute Gasteiger partial charge is 0.236 e. The van der Waals surface area contributed by atoms with Gasteiger partial charge in [0.1, 0.15) is 0 Å². The van der Waals surface area contributed by atoms with Gasteiger partial charge in [-0.15, -0.1) is 0 Å². The summed E-state index contributed by atoms with van der Waals surface area (Å²) in [5.41, 5.74) is 0.893. The van der Waals surface area contributed by atoms with Crippen LogP contribution in [0.1, 0.15) is 31.9 Å². The van der Waals surface area contributed by atoms with Crippen molar-refractivity contribution in [2.45, 2.75) is 44.9 Å². The molecule has 2 aliphatic heterocycles. The van der Waals surface area contributed by atoms with E-state index in [4.69, 9.17) is 9.47 Å². The highest BCUT2D eigenvalue weighted by molar-refractivity contribution is 5.78. The molecule has 0 aliphatic carbocycles. The monoisotopic (exact) mass is 391 g/mol. The van der Waals surface area contributed by atoms with Gasteiger partial charge in [0, 0.05) is 51.7 Å². The molecule has 156 valence electrons. The average molecular weight is 392 g/mol. The Morgan fingerprint density at radius 2 is 2.14 bits per heavy atom. The molecule has 28 heavy (non-hydrogen) atoms. The fourth-order valence-corrected chi connectivity index (χ4v) is 3.92. The van der Waals surface area contributed by atoms with E-state index in [-0.39, 0.29) is 24.7 Å². The highest BCUT2D eigenvalue weighted by Gasteiger charge is 2.32. The summed E-state index contributed by atoms with van der Waals surface area (Å²) < 4.78 is 11.6. The van der Waals surface area contributed by atoms with E-state index in [1.54, 1.807) is 6.20 Å². The number of hydrogen-bond donors (Lipinski definition) is 1. The van der Waals surface area contributed by atoms with Gasteiger partial charge < -0.3 is 19.5 Å². The van der Waals surface area contributed by atoms with Gasteiger partial charge in [-0.05, 0) is 44.2 Å². The highest BCUT2D eigenvalue weighted by atomic mass is 16.5. The van der Waals surface area contributed by atoms with Crippen molar-refractivity contribution in [2.24, 2.45) is 5.92 Å². The summed E-state index contributed by atoms with van der Waals surface area (Å²) in [5.74, 6) is 0.649. The van der Waals surface area contributed by atoms with Crippen LogP contribution in [0.2, 0.25) is 0 Å². The molecule has 2 atom stereocenters. The number of hydrogen-bond acceptors (Lipinski definition) is 6. The van der Waals surface area contributed by atoms with Crippen molar-refractivity contribution in [3.05, 3.63) is 30.1 Å². The number of aromatic nitrogens is 1. The van der Waals surface area contributed by atoms with Gasteiger partial charge in [-0.2, -0.15) is 0 Å². The van der Waals surface area contributed by atoms with Crippen molar-refractivity contribution < 1.29 is 19.4 Å². The van der Waals surface area contributed by atoms with Crippen molar-refractivity contribution in [1.82, 2.24) is 14.8 Å². The molecule has 3 rings (SSSR count). The molecule has 7 nitrogen and oxygen atoms in total. The fourth-order valence-electron chi connectivity index (χ4n) is 3.92. The van der Waals surface area contributed by atoms with Gasteiger partial charge in [-0.25, -0.2) is 0 Å². The number of amides is 1. The molecular formula is C21H33N3O4. The SMILES string of the molecule is C[C@@H](CCO)N1CC(=O)N(CC2CCOCC2)C[C@@H](OCc2ccccn2)C1. The molecular weight excluding hydrogens is 358 g/mol. The topological polar surface area (TPSA) is 75.1 Å². The normalized spacial score (nSPS) is 23.6. The van der Waals surface area contributed by atoms with Crippen LogP contribution in [0.4, 0.5) is 0 Å².